The van der Waals surface area contributed by atoms with E-state index in [1.54, 1.807) is 24.3 Å². The molecule has 0 saturated heterocycles. The van der Waals surface area contributed by atoms with Crippen LogP contribution in [0.15, 0.2) is 59.0 Å². The van der Waals surface area contributed by atoms with Crippen molar-refractivity contribution in [1.29, 1.82) is 5.26 Å². The van der Waals surface area contributed by atoms with E-state index in [2.05, 4.69) is 6.58 Å². The molecule has 0 fully saturated rings. The quantitative estimate of drug-likeness (QED) is 0.201. The fourth-order valence-corrected chi connectivity index (χ4v) is 1.91. The van der Waals surface area contributed by atoms with E-state index in [-0.39, 0.29) is 29.4 Å². The fourth-order valence-electron chi connectivity index (χ4n) is 1.91. The van der Waals surface area contributed by atoms with Crippen LogP contribution in [0.1, 0.15) is 5.76 Å². The first-order chi connectivity index (χ1) is 11.6. The maximum atomic E-state index is 11.7. The van der Waals surface area contributed by atoms with E-state index >= 15 is 0 Å². The number of esters is 1. The average molecular weight is 324 g/mol. The highest BCUT2D eigenvalue weighted by molar-refractivity contribution is 5.97. The van der Waals surface area contributed by atoms with Crippen LogP contribution in [-0.2, 0) is 9.53 Å². The molecule has 0 spiro atoms. The number of furan rings is 1. The first kappa shape index (κ1) is 16.7. The summed E-state index contributed by atoms with van der Waals surface area (Å²) < 4.78 is 10.3. The Labute approximate surface area is 137 Å². The molecular formula is C17H12N2O5. The molecule has 24 heavy (non-hydrogen) atoms. The maximum absolute atomic E-state index is 11.7. The van der Waals surface area contributed by atoms with E-state index in [0.29, 0.717) is 5.56 Å². The van der Waals surface area contributed by atoms with Crippen LogP contribution in [0.25, 0.3) is 17.4 Å². The predicted molar refractivity (Wildman–Crippen MR) is 85.5 cm³/mol. The van der Waals surface area contributed by atoms with Gasteiger partial charge in [-0.05, 0) is 18.2 Å². The minimum absolute atomic E-state index is 0.0164. The number of carbonyl (C=O) groups is 1. The Morgan fingerprint density at radius 2 is 2.12 bits per heavy atom. The number of para-hydroxylation sites is 1. The second-order valence-corrected chi connectivity index (χ2v) is 4.53. The van der Waals surface area contributed by atoms with E-state index in [1.165, 1.54) is 30.4 Å². The third-order valence-electron chi connectivity index (χ3n) is 2.95. The molecule has 7 nitrogen and oxygen atoms in total. The standard InChI is InChI=1S/C17H12N2O5/c1-2-9-23-17(20)12(11-18)10-13-7-8-16(24-13)14-5-3-4-6-15(14)19(21)22/h2-8,10H,1,9H2/b12-10+. The topological polar surface area (TPSA) is 106 Å². The Kier molecular flexibility index (Phi) is 5.26. The van der Waals surface area contributed by atoms with Gasteiger partial charge in [0.05, 0.1) is 10.5 Å². The molecule has 1 aromatic carbocycles. The molecule has 0 radical (unpaired) electrons. The van der Waals surface area contributed by atoms with Crippen LogP contribution in [0, 0.1) is 21.4 Å². The lowest BCUT2D eigenvalue weighted by Gasteiger charge is -2.00. The van der Waals surface area contributed by atoms with Gasteiger partial charge in [0.2, 0.25) is 0 Å². The van der Waals surface area contributed by atoms with Crippen molar-refractivity contribution in [2.45, 2.75) is 0 Å². The maximum Gasteiger partial charge on any atom is 0.349 e. The summed E-state index contributed by atoms with van der Waals surface area (Å²) in [6, 6.07) is 10.9. The van der Waals surface area contributed by atoms with Crippen molar-refractivity contribution in [3.05, 3.63) is 70.5 Å². The number of hydrogen-bond donors (Lipinski definition) is 0. The largest absolute Gasteiger partial charge is 0.457 e. The molecule has 0 aliphatic carbocycles. The lowest BCUT2D eigenvalue weighted by Crippen LogP contribution is -2.06. The third-order valence-corrected chi connectivity index (χ3v) is 2.95. The van der Waals surface area contributed by atoms with Crippen molar-refractivity contribution in [3.8, 4) is 17.4 Å². The fraction of sp³-hybridized carbons (Fsp3) is 0.0588. The second kappa shape index (κ2) is 7.56. The van der Waals surface area contributed by atoms with Crippen molar-refractivity contribution in [2.75, 3.05) is 6.61 Å². The van der Waals surface area contributed by atoms with E-state index < -0.39 is 10.9 Å². The molecule has 7 heteroatoms. The molecule has 0 bridgehead atoms. The lowest BCUT2D eigenvalue weighted by atomic mass is 10.1. The van der Waals surface area contributed by atoms with Gasteiger partial charge >= 0.3 is 5.97 Å². The van der Waals surface area contributed by atoms with Gasteiger partial charge in [0.15, 0.2) is 0 Å². The summed E-state index contributed by atoms with van der Waals surface area (Å²) in [5, 5.41) is 20.1. The molecule has 0 unspecified atom stereocenters. The minimum atomic E-state index is -0.805. The highest BCUT2D eigenvalue weighted by atomic mass is 16.6. The molecule has 0 atom stereocenters. The molecule has 0 saturated carbocycles. The Morgan fingerprint density at radius 1 is 1.38 bits per heavy atom. The monoisotopic (exact) mass is 324 g/mol. The third kappa shape index (κ3) is 3.75. The van der Waals surface area contributed by atoms with Gasteiger partial charge in [-0.15, -0.1) is 0 Å². The van der Waals surface area contributed by atoms with Gasteiger partial charge in [-0.25, -0.2) is 4.79 Å². The van der Waals surface area contributed by atoms with Gasteiger partial charge in [-0.1, -0.05) is 24.8 Å². The van der Waals surface area contributed by atoms with Crippen LogP contribution in [0.5, 0.6) is 0 Å². The number of hydrogen-bond acceptors (Lipinski definition) is 6. The summed E-state index contributed by atoms with van der Waals surface area (Å²) in [4.78, 5) is 22.2. The summed E-state index contributed by atoms with van der Waals surface area (Å²) in [5.41, 5.74) is -0.0523. The van der Waals surface area contributed by atoms with E-state index in [1.807, 2.05) is 0 Å². The van der Waals surface area contributed by atoms with Crippen LogP contribution in [0.3, 0.4) is 0 Å². The van der Waals surface area contributed by atoms with Gasteiger partial charge in [0.1, 0.15) is 29.8 Å². The van der Waals surface area contributed by atoms with Crippen molar-refractivity contribution in [1.82, 2.24) is 0 Å². The number of benzene rings is 1. The number of nitro benzene ring substituents is 1. The number of carbonyl (C=O) groups excluding carboxylic acids is 1. The molecule has 0 aliphatic heterocycles. The predicted octanol–water partition coefficient (Wildman–Crippen LogP) is 3.49. The summed E-state index contributed by atoms with van der Waals surface area (Å²) in [6.45, 7) is 3.39. The molecule has 2 aromatic rings. The van der Waals surface area contributed by atoms with E-state index in [0.717, 1.165) is 0 Å². The Morgan fingerprint density at radius 3 is 2.79 bits per heavy atom. The van der Waals surface area contributed by atoms with Crippen molar-refractivity contribution in [2.24, 2.45) is 0 Å². The van der Waals surface area contributed by atoms with Gasteiger partial charge in [0.25, 0.3) is 5.69 Å². The normalized spacial score (nSPS) is 10.7. The number of ether oxygens (including phenoxy) is 1. The van der Waals surface area contributed by atoms with Gasteiger partial charge in [-0.2, -0.15) is 5.26 Å². The van der Waals surface area contributed by atoms with Crippen LogP contribution >= 0.6 is 0 Å². The zero-order chi connectivity index (χ0) is 17.5. The first-order valence-corrected chi connectivity index (χ1v) is 6.80. The first-order valence-electron chi connectivity index (χ1n) is 6.80. The van der Waals surface area contributed by atoms with Crippen molar-refractivity contribution >= 4 is 17.7 Å². The Hall–Kier alpha value is -3.66. The number of rotatable bonds is 6. The van der Waals surface area contributed by atoms with Gasteiger partial charge in [0, 0.05) is 12.1 Å². The summed E-state index contributed by atoms with van der Waals surface area (Å²) in [6.07, 6.45) is 2.59. The highest BCUT2D eigenvalue weighted by Gasteiger charge is 2.17. The number of nitriles is 1. The van der Waals surface area contributed by atoms with E-state index in [9.17, 15) is 14.9 Å². The van der Waals surface area contributed by atoms with Crippen LogP contribution in [0.2, 0.25) is 0 Å². The summed E-state index contributed by atoms with van der Waals surface area (Å²) >= 11 is 0. The smallest absolute Gasteiger partial charge is 0.349 e. The lowest BCUT2D eigenvalue weighted by molar-refractivity contribution is -0.384. The molecule has 0 N–H and O–H groups in total. The molecule has 120 valence electrons. The molecule has 0 aliphatic rings. The van der Waals surface area contributed by atoms with Gasteiger partial charge < -0.3 is 9.15 Å². The molecular weight excluding hydrogens is 312 g/mol. The van der Waals surface area contributed by atoms with Crippen molar-refractivity contribution in [3.63, 3.8) is 0 Å². The average Bonchev–Trinajstić information content (AvgIpc) is 3.06. The zero-order valence-electron chi connectivity index (χ0n) is 12.5. The van der Waals surface area contributed by atoms with Crippen molar-refractivity contribution < 1.29 is 18.9 Å². The molecule has 1 aromatic heterocycles. The van der Waals surface area contributed by atoms with E-state index in [4.69, 9.17) is 14.4 Å². The van der Waals surface area contributed by atoms with Crippen LogP contribution in [-0.4, -0.2) is 17.5 Å². The molecule has 1 heterocycles. The summed E-state index contributed by atoms with van der Waals surface area (Å²) in [7, 11) is 0. The van der Waals surface area contributed by atoms with Crippen LogP contribution < -0.4 is 0 Å². The molecule has 2 rings (SSSR count). The highest BCUT2D eigenvalue weighted by Crippen LogP contribution is 2.31. The van der Waals surface area contributed by atoms with Crippen LogP contribution in [0.4, 0.5) is 5.69 Å². The zero-order valence-corrected chi connectivity index (χ0v) is 12.5. The number of nitrogens with zero attached hydrogens (tertiary/aromatic N) is 2. The minimum Gasteiger partial charge on any atom is -0.457 e. The number of nitro groups is 1. The Bertz CT molecular complexity index is 858. The SMILES string of the molecule is C=CCOC(=O)/C(C#N)=C/c1ccc(-c2ccccc2[N+](=O)[O-])o1. The van der Waals surface area contributed by atoms with Gasteiger partial charge in [-0.3, -0.25) is 10.1 Å². The summed E-state index contributed by atoms with van der Waals surface area (Å²) in [5.74, 6) is -0.346. The second-order valence-electron chi connectivity index (χ2n) is 4.53. The molecule has 0 amide bonds. The Balaban J connectivity index is 2.33.